The fourth-order valence-corrected chi connectivity index (χ4v) is 2.59. The summed E-state index contributed by atoms with van der Waals surface area (Å²) in [7, 11) is 0. The molecule has 2 atom stereocenters. The Kier molecular flexibility index (Phi) is 7.82. The van der Waals surface area contributed by atoms with E-state index in [9.17, 15) is 0 Å². The summed E-state index contributed by atoms with van der Waals surface area (Å²) in [5.74, 6) is 0.820. The molecule has 0 radical (unpaired) electrons. The molecule has 0 bridgehead atoms. The number of ether oxygens (including phenoxy) is 2. The van der Waals surface area contributed by atoms with E-state index in [-0.39, 0.29) is 0 Å². The van der Waals surface area contributed by atoms with E-state index in [1.54, 1.807) is 0 Å². The summed E-state index contributed by atoms with van der Waals surface area (Å²) < 4.78 is 11.1. The van der Waals surface area contributed by atoms with Gasteiger partial charge < -0.3 is 14.8 Å². The molecule has 0 saturated heterocycles. The molecule has 1 aliphatic carbocycles. The smallest absolute Gasteiger partial charge is 0.0703 e. The summed E-state index contributed by atoms with van der Waals surface area (Å²) in [4.78, 5) is 0. The van der Waals surface area contributed by atoms with Crippen molar-refractivity contribution in [2.24, 2.45) is 5.92 Å². The van der Waals surface area contributed by atoms with E-state index in [1.807, 2.05) is 0 Å². The van der Waals surface area contributed by atoms with Gasteiger partial charge in [-0.3, -0.25) is 0 Å². The number of hydrogen-bond acceptors (Lipinski definition) is 3. The highest BCUT2D eigenvalue weighted by atomic mass is 16.5. The summed E-state index contributed by atoms with van der Waals surface area (Å²) in [6.45, 7) is 9.72. The third-order valence-electron chi connectivity index (χ3n) is 3.44. The Balaban J connectivity index is 1.98. The van der Waals surface area contributed by atoms with Crippen molar-refractivity contribution < 1.29 is 9.47 Å². The lowest BCUT2D eigenvalue weighted by Crippen LogP contribution is -2.32. The average molecular weight is 243 g/mol. The van der Waals surface area contributed by atoms with Gasteiger partial charge in [-0.2, -0.15) is 0 Å². The number of rotatable bonds is 9. The Bertz CT molecular complexity index is 185. The van der Waals surface area contributed by atoms with E-state index >= 15 is 0 Å². The summed E-state index contributed by atoms with van der Waals surface area (Å²) in [5.41, 5.74) is 0. The van der Waals surface area contributed by atoms with Gasteiger partial charge in [0.2, 0.25) is 0 Å². The van der Waals surface area contributed by atoms with Gasteiger partial charge in [0.05, 0.1) is 19.3 Å². The van der Waals surface area contributed by atoms with Gasteiger partial charge in [0.25, 0.3) is 0 Å². The summed E-state index contributed by atoms with van der Waals surface area (Å²) in [5, 5.41) is 3.58. The zero-order chi connectivity index (χ0) is 12.5. The zero-order valence-electron chi connectivity index (χ0n) is 11.7. The lowest BCUT2D eigenvalue weighted by atomic mass is 10.0. The van der Waals surface area contributed by atoms with E-state index in [1.165, 1.54) is 25.7 Å². The second kappa shape index (κ2) is 8.90. The maximum Gasteiger partial charge on any atom is 0.0703 e. The Labute approximate surface area is 106 Å². The van der Waals surface area contributed by atoms with Gasteiger partial charge in [-0.05, 0) is 45.6 Å². The van der Waals surface area contributed by atoms with Crippen LogP contribution >= 0.6 is 0 Å². The van der Waals surface area contributed by atoms with Crippen LogP contribution in [-0.2, 0) is 9.47 Å². The summed E-state index contributed by atoms with van der Waals surface area (Å²) in [6, 6.07) is 0.732. The molecule has 1 aliphatic rings. The van der Waals surface area contributed by atoms with Crippen molar-refractivity contribution in [1.29, 1.82) is 0 Å². The van der Waals surface area contributed by atoms with E-state index in [0.717, 1.165) is 38.3 Å². The number of hydrogen-bond donors (Lipinski definition) is 1. The van der Waals surface area contributed by atoms with E-state index in [4.69, 9.17) is 9.47 Å². The Morgan fingerprint density at radius 1 is 1.18 bits per heavy atom. The van der Waals surface area contributed by atoms with Gasteiger partial charge >= 0.3 is 0 Å². The quantitative estimate of drug-likeness (QED) is 0.631. The van der Waals surface area contributed by atoms with Gasteiger partial charge in [0.1, 0.15) is 0 Å². The van der Waals surface area contributed by atoms with E-state index in [0.29, 0.717) is 6.10 Å². The highest BCUT2D eigenvalue weighted by Crippen LogP contribution is 2.28. The first kappa shape index (κ1) is 14.9. The van der Waals surface area contributed by atoms with Crippen LogP contribution in [0.1, 0.15) is 46.5 Å². The molecule has 0 aliphatic heterocycles. The standard InChI is InChI=1S/C14H29NO2/c1-4-15-14-7-5-6-13(14)8-9-16-10-11-17-12(2)3/h12-15H,4-11H2,1-3H3. The third-order valence-corrected chi connectivity index (χ3v) is 3.44. The van der Waals surface area contributed by atoms with Crippen LogP contribution in [0, 0.1) is 5.92 Å². The largest absolute Gasteiger partial charge is 0.379 e. The molecule has 0 amide bonds. The molecule has 3 nitrogen and oxygen atoms in total. The van der Waals surface area contributed by atoms with Gasteiger partial charge in [-0.15, -0.1) is 0 Å². The molecule has 0 spiro atoms. The number of nitrogens with one attached hydrogen (secondary N) is 1. The van der Waals surface area contributed by atoms with Crippen LogP contribution in [0.4, 0.5) is 0 Å². The van der Waals surface area contributed by atoms with Crippen LogP contribution < -0.4 is 5.32 Å². The Hall–Kier alpha value is -0.120. The molecule has 1 saturated carbocycles. The molecule has 1 fully saturated rings. The van der Waals surface area contributed by atoms with Crippen molar-refractivity contribution in [3.63, 3.8) is 0 Å². The second-order valence-corrected chi connectivity index (χ2v) is 5.18. The van der Waals surface area contributed by atoms with Crippen LogP contribution in [0.2, 0.25) is 0 Å². The molecule has 102 valence electrons. The van der Waals surface area contributed by atoms with Gasteiger partial charge in [-0.1, -0.05) is 13.3 Å². The predicted octanol–water partition coefficient (Wildman–Crippen LogP) is 2.60. The van der Waals surface area contributed by atoms with Crippen LogP contribution in [0.15, 0.2) is 0 Å². The maximum atomic E-state index is 5.62. The van der Waals surface area contributed by atoms with E-state index in [2.05, 4.69) is 26.1 Å². The second-order valence-electron chi connectivity index (χ2n) is 5.18. The monoisotopic (exact) mass is 243 g/mol. The topological polar surface area (TPSA) is 30.5 Å². The fourth-order valence-electron chi connectivity index (χ4n) is 2.59. The first-order valence-electron chi connectivity index (χ1n) is 7.16. The van der Waals surface area contributed by atoms with Crippen molar-refractivity contribution in [2.75, 3.05) is 26.4 Å². The van der Waals surface area contributed by atoms with Crippen LogP contribution in [0.3, 0.4) is 0 Å². The minimum Gasteiger partial charge on any atom is -0.379 e. The summed E-state index contributed by atoms with van der Waals surface area (Å²) >= 11 is 0. The molecule has 0 heterocycles. The zero-order valence-corrected chi connectivity index (χ0v) is 11.7. The lowest BCUT2D eigenvalue weighted by Gasteiger charge is -2.20. The molecule has 0 aromatic carbocycles. The Morgan fingerprint density at radius 2 is 2.00 bits per heavy atom. The van der Waals surface area contributed by atoms with Crippen molar-refractivity contribution >= 4 is 0 Å². The Morgan fingerprint density at radius 3 is 2.71 bits per heavy atom. The SMILES string of the molecule is CCNC1CCCC1CCOCCOC(C)C. The molecular formula is C14H29NO2. The minimum atomic E-state index is 0.312. The highest BCUT2D eigenvalue weighted by molar-refractivity contribution is 4.82. The predicted molar refractivity (Wildman–Crippen MR) is 71.3 cm³/mol. The van der Waals surface area contributed by atoms with Crippen molar-refractivity contribution in [2.45, 2.75) is 58.6 Å². The first-order valence-corrected chi connectivity index (χ1v) is 7.16. The molecule has 2 unspecified atom stereocenters. The van der Waals surface area contributed by atoms with Gasteiger partial charge in [-0.25, -0.2) is 0 Å². The van der Waals surface area contributed by atoms with Gasteiger partial charge in [0, 0.05) is 12.6 Å². The molecule has 0 aromatic heterocycles. The van der Waals surface area contributed by atoms with Crippen LogP contribution in [0.25, 0.3) is 0 Å². The minimum absolute atomic E-state index is 0.312. The molecule has 3 heteroatoms. The van der Waals surface area contributed by atoms with Crippen molar-refractivity contribution in [3.05, 3.63) is 0 Å². The van der Waals surface area contributed by atoms with Gasteiger partial charge in [0.15, 0.2) is 0 Å². The van der Waals surface area contributed by atoms with Crippen LogP contribution in [-0.4, -0.2) is 38.5 Å². The normalized spacial score (nSPS) is 24.7. The molecular weight excluding hydrogens is 214 g/mol. The molecule has 0 aromatic rings. The average Bonchev–Trinajstić information content (AvgIpc) is 2.71. The fraction of sp³-hybridized carbons (Fsp3) is 1.00. The molecule has 1 rings (SSSR count). The lowest BCUT2D eigenvalue weighted by molar-refractivity contribution is 0.0159. The maximum absolute atomic E-state index is 5.62. The van der Waals surface area contributed by atoms with Crippen molar-refractivity contribution in [3.8, 4) is 0 Å². The first-order chi connectivity index (χ1) is 8.24. The third kappa shape index (κ3) is 6.39. The molecule has 17 heavy (non-hydrogen) atoms. The van der Waals surface area contributed by atoms with Crippen molar-refractivity contribution in [1.82, 2.24) is 5.32 Å². The highest BCUT2D eigenvalue weighted by Gasteiger charge is 2.25. The summed E-state index contributed by atoms with van der Waals surface area (Å²) in [6.07, 6.45) is 5.59. The van der Waals surface area contributed by atoms with Crippen LogP contribution in [0.5, 0.6) is 0 Å². The molecule has 1 N–H and O–H groups in total. The van der Waals surface area contributed by atoms with E-state index < -0.39 is 0 Å².